The zero-order valence-electron chi connectivity index (χ0n) is 17.7. The average molecular weight is 493 g/mol. The van der Waals surface area contributed by atoms with Gasteiger partial charge in [-0.25, -0.2) is 4.98 Å². The van der Waals surface area contributed by atoms with Gasteiger partial charge in [-0.1, -0.05) is 36.5 Å². The first-order valence-corrected chi connectivity index (χ1v) is 13.2. The number of rotatable bonds is 8. The second kappa shape index (κ2) is 9.80. The number of imide groups is 1. The van der Waals surface area contributed by atoms with Crippen molar-refractivity contribution in [2.45, 2.75) is 37.9 Å². The van der Waals surface area contributed by atoms with Crippen LogP contribution in [-0.2, 0) is 29.0 Å². The van der Waals surface area contributed by atoms with Crippen molar-refractivity contribution in [3.05, 3.63) is 33.4 Å². The number of hydrogen-bond donors (Lipinski definition) is 1. The van der Waals surface area contributed by atoms with Crippen LogP contribution < -0.4 is 10.9 Å². The van der Waals surface area contributed by atoms with Crippen molar-refractivity contribution in [3.63, 3.8) is 0 Å². The van der Waals surface area contributed by atoms with E-state index in [0.29, 0.717) is 23.0 Å². The molecule has 3 heterocycles. The predicted molar refractivity (Wildman–Crippen MR) is 129 cm³/mol. The fraction of sp³-hybridized carbons (Fsp3) is 0.476. The van der Waals surface area contributed by atoms with Gasteiger partial charge in [0.2, 0.25) is 11.8 Å². The summed E-state index contributed by atoms with van der Waals surface area (Å²) in [6.45, 7) is 6.66. The van der Waals surface area contributed by atoms with E-state index in [4.69, 9.17) is 4.98 Å². The smallest absolute Gasteiger partial charge is 0.288 e. The molecule has 0 unspecified atom stereocenters. The number of thioether (sulfide) groups is 2. The number of fused-ring (bicyclic) bond motifs is 3. The van der Waals surface area contributed by atoms with Gasteiger partial charge in [0.15, 0.2) is 5.16 Å². The number of thiophene rings is 1. The summed E-state index contributed by atoms with van der Waals surface area (Å²) in [5.74, 6) is 0.354. The Labute approximate surface area is 197 Å². The van der Waals surface area contributed by atoms with Crippen LogP contribution in [0.2, 0.25) is 0 Å². The highest BCUT2D eigenvalue weighted by molar-refractivity contribution is 8.14. The third kappa shape index (κ3) is 4.65. The summed E-state index contributed by atoms with van der Waals surface area (Å²) in [6.07, 6.45) is 4.60. The molecule has 32 heavy (non-hydrogen) atoms. The summed E-state index contributed by atoms with van der Waals surface area (Å²) in [7, 11) is 0. The van der Waals surface area contributed by atoms with Crippen LogP contribution in [0.5, 0.6) is 0 Å². The summed E-state index contributed by atoms with van der Waals surface area (Å²) in [4.78, 5) is 56.7. The lowest BCUT2D eigenvalue weighted by Crippen LogP contribution is -2.38. The maximum Gasteiger partial charge on any atom is 0.288 e. The highest BCUT2D eigenvalue weighted by Crippen LogP contribution is 2.36. The second-order valence-electron chi connectivity index (χ2n) is 7.87. The number of hydrogen-bond acceptors (Lipinski definition) is 8. The lowest BCUT2D eigenvalue weighted by Gasteiger charge is -2.17. The van der Waals surface area contributed by atoms with E-state index in [9.17, 15) is 19.2 Å². The Kier molecular flexibility index (Phi) is 7.06. The first-order valence-electron chi connectivity index (χ1n) is 10.4. The van der Waals surface area contributed by atoms with E-state index in [1.54, 1.807) is 22.0 Å². The molecule has 0 saturated carbocycles. The summed E-state index contributed by atoms with van der Waals surface area (Å²) < 4.78 is 1.58. The molecule has 0 spiro atoms. The monoisotopic (exact) mass is 492 g/mol. The lowest BCUT2D eigenvalue weighted by atomic mass is 9.89. The molecule has 2 aliphatic rings. The number of nitrogens with zero attached hydrogens (tertiary/aromatic N) is 3. The quantitative estimate of drug-likeness (QED) is 0.343. The van der Waals surface area contributed by atoms with Crippen LogP contribution >= 0.6 is 34.9 Å². The molecule has 1 saturated heterocycles. The Morgan fingerprint density at radius 1 is 1.38 bits per heavy atom. The maximum absolute atomic E-state index is 13.3. The molecule has 0 bridgehead atoms. The highest BCUT2D eigenvalue weighted by atomic mass is 32.2. The molecular formula is C21H24N4O4S3. The largest absolute Gasteiger partial charge is 0.354 e. The van der Waals surface area contributed by atoms with E-state index in [1.165, 1.54) is 16.6 Å². The van der Waals surface area contributed by atoms with E-state index in [0.717, 1.165) is 46.3 Å². The summed E-state index contributed by atoms with van der Waals surface area (Å²) in [5.41, 5.74) is 1.06. The molecule has 11 heteroatoms. The van der Waals surface area contributed by atoms with Crippen molar-refractivity contribution in [2.24, 2.45) is 5.92 Å². The van der Waals surface area contributed by atoms with Crippen molar-refractivity contribution in [2.75, 3.05) is 24.6 Å². The molecule has 3 amide bonds. The minimum absolute atomic E-state index is 0.0755. The fourth-order valence-corrected chi connectivity index (χ4v) is 6.90. The Morgan fingerprint density at radius 3 is 2.91 bits per heavy atom. The van der Waals surface area contributed by atoms with Crippen molar-refractivity contribution in [1.82, 2.24) is 19.8 Å². The SMILES string of the molecule is C=CCn1c(SCC(=O)NCCN2C(=O)CSC2=O)nc2sc3c(c2c1=O)CC[C@H](C)C3. The molecular weight excluding hydrogens is 468 g/mol. The number of allylic oxidation sites excluding steroid dienone is 1. The third-order valence-electron chi connectivity index (χ3n) is 5.52. The van der Waals surface area contributed by atoms with Gasteiger partial charge in [-0.2, -0.15) is 0 Å². The van der Waals surface area contributed by atoms with Gasteiger partial charge in [0, 0.05) is 24.5 Å². The van der Waals surface area contributed by atoms with E-state index in [1.807, 2.05) is 0 Å². The van der Waals surface area contributed by atoms with E-state index in [2.05, 4.69) is 18.8 Å². The van der Waals surface area contributed by atoms with E-state index in [-0.39, 0.29) is 47.2 Å². The molecule has 1 aliphatic heterocycles. The zero-order chi connectivity index (χ0) is 22.8. The van der Waals surface area contributed by atoms with Gasteiger partial charge in [-0.3, -0.25) is 28.6 Å². The van der Waals surface area contributed by atoms with Crippen molar-refractivity contribution in [3.8, 4) is 0 Å². The molecule has 1 fully saturated rings. The van der Waals surface area contributed by atoms with Gasteiger partial charge in [0.1, 0.15) is 4.83 Å². The molecule has 0 radical (unpaired) electrons. The van der Waals surface area contributed by atoms with Crippen LogP contribution in [0.15, 0.2) is 22.6 Å². The predicted octanol–water partition coefficient (Wildman–Crippen LogP) is 2.67. The Hall–Kier alpha value is -2.11. The Balaban J connectivity index is 1.46. The topological polar surface area (TPSA) is 101 Å². The number of aryl methyl sites for hydroxylation is 1. The molecule has 1 aliphatic carbocycles. The van der Waals surface area contributed by atoms with E-state index < -0.39 is 0 Å². The van der Waals surface area contributed by atoms with Crippen LogP contribution in [0.25, 0.3) is 10.2 Å². The van der Waals surface area contributed by atoms with Crippen molar-refractivity contribution >= 4 is 62.1 Å². The van der Waals surface area contributed by atoms with Gasteiger partial charge in [-0.15, -0.1) is 17.9 Å². The number of carbonyl (C=O) groups is 3. The third-order valence-corrected chi connectivity index (χ3v) is 8.51. The van der Waals surface area contributed by atoms with Gasteiger partial charge in [-0.05, 0) is 30.7 Å². The molecule has 4 rings (SSSR count). The molecule has 2 aromatic rings. The van der Waals surface area contributed by atoms with E-state index >= 15 is 0 Å². The van der Waals surface area contributed by atoms with Gasteiger partial charge in [0.25, 0.3) is 10.8 Å². The molecule has 2 aromatic heterocycles. The first-order chi connectivity index (χ1) is 15.4. The average Bonchev–Trinajstić information content (AvgIpc) is 3.28. The fourth-order valence-electron chi connectivity index (χ4n) is 3.89. The second-order valence-corrected chi connectivity index (χ2v) is 10.8. The lowest BCUT2D eigenvalue weighted by molar-refractivity contribution is -0.125. The highest BCUT2D eigenvalue weighted by Gasteiger charge is 2.29. The normalized spacial score (nSPS) is 18.3. The minimum Gasteiger partial charge on any atom is -0.354 e. The molecule has 1 N–H and O–H groups in total. The molecule has 1 atom stereocenters. The summed E-state index contributed by atoms with van der Waals surface area (Å²) in [5, 5.41) is 3.65. The van der Waals surface area contributed by atoms with Crippen LogP contribution in [0.1, 0.15) is 23.8 Å². The minimum atomic E-state index is -0.280. The number of nitrogens with one attached hydrogen (secondary N) is 1. The Morgan fingerprint density at radius 2 is 2.19 bits per heavy atom. The Bertz CT molecular complexity index is 1140. The summed E-state index contributed by atoms with van der Waals surface area (Å²) >= 11 is 3.76. The van der Waals surface area contributed by atoms with Crippen LogP contribution in [0, 0.1) is 5.92 Å². The van der Waals surface area contributed by atoms with Crippen LogP contribution in [0.3, 0.4) is 0 Å². The maximum atomic E-state index is 13.3. The van der Waals surface area contributed by atoms with Gasteiger partial charge in [0.05, 0.1) is 16.9 Å². The van der Waals surface area contributed by atoms with Crippen molar-refractivity contribution < 1.29 is 14.4 Å². The zero-order valence-corrected chi connectivity index (χ0v) is 20.2. The summed E-state index contributed by atoms with van der Waals surface area (Å²) in [6, 6.07) is 0. The van der Waals surface area contributed by atoms with Gasteiger partial charge >= 0.3 is 0 Å². The van der Waals surface area contributed by atoms with Crippen LogP contribution in [-0.4, -0.2) is 56.1 Å². The number of carbonyl (C=O) groups excluding carboxylic acids is 3. The first kappa shape index (κ1) is 23.1. The van der Waals surface area contributed by atoms with Gasteiger partial charge < -0.3 is 5.32 Å². The molecule has 0 aromatic carbocycles. The molecule has 170 valence electrons. The molecule has 8 nitrogen and oxygen atoms in total. The standard InChI is InChI=1S/C21H24N4O4S3/c1-3-7-25-19(28)17-13-5-4-12(2)9-14(13)32-18(17)23-20(25)30-10-15(26)22-6-8-24-16(27)11-31-21(24)29/h3,12H,1,4-11H2,2H3,(H,22,26)/t12-/m0/s1. The number of aromatic nitrogens is 2. The van der Waals surface area contributed by atoms with Crippen LogP contribution in [0.4, 0.5) is 4.79 Å². The number of amides is 3. The van der Waals surface area contributed by atoms with Crippen molar-refractivity contribution in [1.29, 1.82) is 0 Å².